The van der Waals surface area contributed by atoms with Crippen molar-refractivity contribution in [1.82, 2.24) is 0 Å². The van der Waals surface area contributed by atoms with Crippen molar-refractivity contribution in [2.45, 2.75) is 44.8 Å². The van der Waals surface area contributed by atoms with E-state index < -0.39 is 0 Å². The fraction of sp³-hybridized carbons (Fsp3) is 1.00. The highest BCUT2D eigenvalue weighted by Crippen LogP contribution is 2.41. The van der Waals surface area contributed by atoms with E-state index in [1.54, 1.807) is 0 Å². The lowest BCUT2D eigenvalue weighted by Gasteiger charge is -2.40. The Balaban J connectivity index is 1.77. The first-order valence-electron chi connectivity index (χ1n) is 7.16. The molecule has 18 heavy (non-hydrogen) atoms. The second kappa shape index (κ2) is 6.87. The molecular weight excluding hydrogens is 262 g/mol. The van der Waals surface area contributed by atoms with Gasteiger partial charge in [0.05, 0.1) is 5.60 Å². The summed E-state index contributed by atoms with van der Waals surface area (Å²) in [6.45, 7) is 5.48. The van der Waals surface area contributed by atoms with Gasteiger partial charge in [0.25, 0.3) is 0 Å². The van der Waals surface area contributed by atoms with Gasteiger partial charge in [0.1, 0.15) is 0 Å². The molecule has 0 amide bonds. The molecule has 0 aromatic heterocycles. The quantitative estimate of drug-likeness (QED) is 0.844. The Morgan fingerprint density at radius 2 is 2.28 bits per heavy atom. The van der Waals surface area contributed by atoms with E-state index in [0.717, 1.165) is 24.7 Å². The molecule has 2 fully saturated rings. The summed E-state index contributed by atoms with van der Waals surface area (Å²) < 4.78 is 6.07. The third kappa shape index (κ3) is 4.06. The fourth-order valence-electron chi connectivity index (χ4n) is 2.87. The molecule has 1 spiro atoms. The summed E-state index contributed by atoms with van der Waals surface area (Å²) in [6.07, 6.45) is 3.60. The predicted molar refractivity (Wildman–Crippen MR) is 83.5 cm³/mol. The van der Waals surface area contributed by atoms with Gasteiger partial charge in [-0.15, -0.1) is 0 Å². The first kappa shape index (κ1) is 15.0. The van der Waals surface area contributed by atoms with Crippen LogP contribution in [0.2, 0.25) is 0 Å². The Labute approximate surface area is 120 Å². The molecule has 0 aromatic rings. The van der Waals surface area contributed by atoms with Crippen molar-refractivity contribution in [2.24, 2.45) is 17.6 Å². The zero-order valence-corrected chi connectivity index (χ0v) is 13.3. The molecule has 3 unspecified atom stereocenters. The summed E-state index contributed by atoms with van der Waals surface area (Å²) in [5.74, 6) is 6.26. The van der Waals surface area contributed by atoms with E-state index in [2.05, 4.69) is 13.8 Å². The lowest BCUT2D eigenvalue weighted by Crippen LogP contribution is -2.46. The monoisotopic (exact) mass is 289 g/mol. The van der Waals surface area contributed by atoms with Gasteiger partial charge < -0.3 is 10.5 Å². The van der Waals surface area contributed by atoms with E-state index in [1.807, 2.05) is 23.5 Å². The predicted octanol–water partition coefficient (Wildman–Crippen LogP) is 3.01. The van der Waals surface area contributed by atoms with Crippen LogP contribution < -0.4 is 5.73 Å². The van der Waals surface area contributed by atoms with Crippen LogP contribution >= 0.6 is 23.5 Å². The third-order valence-electron chi connectivity index (χ3n) is 3.97. The fourth-order valence-corrected chi connectivity index (χ4v) is 5.40. The number of rotatable bonds is 5. The molecule has 0 aliphatic carbocycles. The second-order valence-corrected chi connectivity index (χ2v) is 8.36. The largest absolute Gasteiger partial charge is 0.374 e. The van der Waals surface area contributed by atoms with E-state index >= 15 is 0 Å². The molecule has 3 atom stereocenters. The van der Waals surface area contributed by atoms with E-state index in [0.29, 0.717) is 12.0 Å². The van der Waals surface area contributed by atoms with Crippen LogP contribution in [0.4, 0.5) is 0 Å². The van der Waals surface area contributed by atoms with Gasteiger partial charge in [-0.05, 0) is 42.6 Å². The average Bonchev–Trinajstić information content (AvgIpc) is 2.76. The van der Waals surface area contributed by atoms with E-state index in [9.17, 15) is 0 Å². The van der Waals surface area contributed by atoms with Gasteiger partial charge in [0, 0.05) is 24.2 Å². The number of hydrogen-bond donors (Lipinski definition) is 1. The SMILES string of the molecule is CC(C)CSCC(N)C1CCOC2(CCSC2)C1. The van der Waals surface area contributed by atoms with Crippen LogP contribution in [0.15, 0.2) is 0 Å². The molecule has 106 valence electrons. The van der Waals surface area contributed by atoms with Crippen molar-refractivity contribution in [3.05, 3.63) is 0 Å². The lowest BCUT2D eigenvalue weighted by molar-refractivity contribution is -0.0820. The highest BCUT2D eigenvalue weighted by molar-refractivity contribution is 7.99. The smallest absolute Gasteiger partial charge is 0.0783 e. The zero-order valence-electron chi connectivity index (χ0n) is 11.7. The summed E-state index contributed by atoms with van der Waals surface area (Å²) in [5, 5.41) is 0. The highest BCUT2D eigenvalue weighted by Gasteiger charge is 2.41. The van der Waals surface area contributed by atoms with Crippen molar-refractivity contribution in [3.8, 4) is 0 Å². The van der Waals surface area contributed by atoms with Gasteiger partial charge in [-0.25, -0.2) is 0 Å². The van der Waals surface area contributed by atoms with E-state index in [4.69, 9.17) is 10.5 Å². The van der Waals surface area contributed by atoms with Crippen molar-refractivity contribution < 1.29 is 4.74 Å². The van der Waals surface area contributed by atoms with Crippen LogP contribution in [0.5, 0.6) is 0 Å². The number of thioether (sulfide) groups is 2. The second-order valence-electron chi connectivity index (χ2n) is 6.18. The minimum Gasteiger partial charge on any atom is -0.374 e. The number of ether oxygens (including phenoxy) is 1. The highest BCUT2D eigenvalue weighted by atomic mass is 32.2. The molecule has 2 rings (SSSR count). The lowest BCUT2D eigenvalue weighted by atomic mass is 9.82. The van der Waals surface area contributed by atoms with Crippen LogP contribution in [0.25, 0.3) is 0 Å². The summed E-state index contributed by atoms with van der Waals surface area (Å²) in [5.41, 5.74) is 6.59. The van der Waals surface area contributed by atoms with Crippen LogP contribution in [-0.2, 0) is 4.74 Å². The van der Waals surface area contributed by atoms with Crippen LogP contribution in [0.3, 0.4) is 0 Å². The van der Waals surface area contributed by atoms with Gasteiger partial charge >= 0.3 is 0 Å². The van der Waals surface area contributed by atoms with Crippen molar-refractivity contribution in [2.75, 3.05) is 29.6 Å². The molecular formula is C14H27NOS2. The van der Waals surface area contributed by atoms with Crippen molar-refractivity contribution in [1.29, 1.82) is 0 Å². The van der Waals surface area contributed by atoms with E-state index in [-0.39, 0.29) is 5.60 Å². The van der Waals surface area contributed by atoms with Gasteiger partial charge in [0.15, 0.2) is 0 Å². The van der Waals surface area contributed by atoms with Gasteiger partial charge in [-0.2, -0.15) is 23.5 Å². The van der Waals surface area contributed by atoms with Gasteiger partial charge in [0.2, 0.25) is 0 Å². The normalized spacial score (nSPS) is 34.3. The van der Waals surface area contributed by atoms with Crippen molar-refractivity contribution in [3.63, 3.8) is 0 Å². The molecule has 0 saturated carbocycles. The topological polar surface area (TPSA) is 35.2 Å². The molecule has 4 heteroatoms. The Hall–Kier alpha value is 0.620. The molecule has 2 aliphatic rings. The van der Waals surface area contributed by atoms with Crippen LogP contribution in [0, 0.1) is 11.8 Å². The first-order chi connectivity index (χ1) is 8.61. The summed E-state index contributed by atoms with van der Waals surface area (Å²) >= 11 is 4.07. The summed E-state index contributed by atoms with van der Waals surface area (Å²) in [6, 6.07) is 0.361. The summed E-state index contributed by atoms with van der Waals surface area (Å²) in [7, 11) is 0. The minimum atomic E-state index is 0.188. The molecule has 2 N–H and O–H groups in total. The molecule has 0 bridgehead atoms. The Kier molecular flexibility index (Phi) is 5.73. The summed E-state index contributed by atoms with van der Waals surface area (Å²) in [4.78, 5) is 0. The zero-order chi connectivity index (χ0) is 13.0. The maximum absolute atomic E-state index is 6.40. The number of nitrogens with two attached hydrogens (primary N) is 1. The maximum Gasteiger partial charge on any atom is 0.0783 e. The average molecular weight is 290 g/mol. The van der Waals surface area contributed by atoms with Gasteiger partial charge in [-0.1, -0.05) is 13.8 Å². The molecule has 2 aliphatic heterocycles. The molecule has 2 nitrogen and oxygen atoms in total. The molecule has 2 heterocycles. The van der Waals surface area contributed by atoms with Crippen molar-refractivity contribution >= 4 is 23.5 Å². The Morgan fingerprint density at radius 1 is 1.44 bits per heavy atom. The van der Waals surface area contributed by atoms with E-state index in [1.165, 1.54) is 30.1 Å². The van der Waals surface area contributed by atoms with Crippen LogP contribution in [0.1, 0.15) is 33.1 Å². The Morgan fingerprint density at radius 3 is 2.94 bits per heavy atom. The maximum atomic E-state index is 6.40. The third-order valence-corrected chi connectivity index (χ3v) is 6.71. The molecule has 0 radical (unpaired) electrons. The molecule has 2 saturated heterocycles. The Bertz CT molecular complexity index is 254. The standard InChI is InChI=1S/C14H27NOS2/c1-11(2)8-18-9-13(15)12-3-5-16-14(7-12)4-6-17-10-14/h11-13H,3-10,15H2,1-2H3. The first-order valence-corrected chi connectivity index (χ1v) is 9.47. The molecule has 0 aromatic carbocycles. The van der Waals surface area contributed by atoms with Crippen LogP contribution in [-0.4, -0.2) is 41.3 Å². The van der Waals surface area contributed by atoms with Gasteiger partial charge in [-0.3, -0.25) is 0 Å². The minimum absolute atomic E-state index is 0.188. The number of hydrogen-bond acceptors (Lipinski definition) is 4.